The summed E-state index contributed by atoms with van der Waals surface area (Å²) in [7, 11) is 0. The SMILES string of the molecule is CCCCOC(=O)c1ccc2c(C3CCCCC3)c(-c3ccc(F)cc3C(C)=O)[nH]c2c1. The van der Waals surface area contributed by atoms with Crippen molar-refractivity contribution in [2.45, 2.75) is 64.7 Å². The van der Waals surface area contributed by atoms with Crippen LogP contribution in [-0.4, -0.2) is 23.3 Å². The van der Waals surface area contributed by atoms with E-state index in [1.54, 1.807) is 6.07 Å². The van der Waals surface area contributed by atoms with Crippen LogP contribution in [0, 0.1) is 5.82 Å². The maximum Gasteiger partial charge on any atom is 0.338 e. The van der Waals surface area contributed by atoms with Crippen molar-refractivity contribution in [3.8, 4) is 11.3 Å². The number of benzene rings is 2. The first-order valence-electron chi connectivity index (χ1n) is 11.6. The Labute approximate surface area is 188 Å². The Morgan fingerprint density at radius 1 is 1.09 bits per heavy atom. The van der Waals surface area contributed by atoms with Gasteiger partial charge in [0.2, 0.25) is 0 Å². The number of esters is 1. The van der Waals surface area contributed by atoms with Crippen LogP contribution in [0.1, 0.15) is 91.0 Å². The monoisotopic (exact) mass is 435 g/mol. The lowest BCUT2D eigenvalue weighted by Gasteiger charge is -2.23. The number of ether oxygens (including phenoxy) is 1. The summed E-state index contributed by atoms with van der Waals surface area (Å²) in [6.45, 7) is 3.93. The van der Waals surface area contributed by atoms with Gasteiger partial charge in [-0.25, -0.2) is 9.18 Å². The van der Waals surface area contributed by atoms with Gasteiger partial charge in [-0.05, 0) is 68.0 Å². The molecule has 4 rings (SSSR count). The lowest BCUT2D eigenvalue weighted by Crippen LogP contribution is -2.07. The molecule has 5 heteroatoms. The number of aromatic amines is 1. The van der Waals surface area contributed by atoms with Gasteiger partial charge in [-0.15, -0.1) is 0 Å². The van der Waals surface area contributed by atoms with Gasteiger partial charge in [0, 0.05) is 22.0 Å². The second kappa shape index (κ2) is 9.68. The van der Waals surface area contributed by atoms with Crippen LogP contribution in [0.25, 0.3) is 22.2 Å². The highest BCUT2D eigenvalue weighted by Crippen LogP contribution is 2.43. The summed E-state index contributed by atoms with van der Waals surface area (Å²) in [6.07, 6.45) is 7.53. The van der Waals surface area contributed by atoms with Gasteiger partial charge in [-0.1, -0.05) is 38.7 Å². The molecule has 0 amide bonds. The van der Waals surface area contributed by atoms with Crippen LogP contribution >= 0.6 is 0 Å². The van der Waals surface area contributed by atoms with Crippen molar-refractivity contribution >= 4 is 22.7 Å². The number of H-pyrrole nitrogens is 1. The number of hydrogen-bond acceptors (Lipinski definition) is 3. The topological polar surface area (TPSA) is 59.2 Å². The number of carbonyl (C=O) groups excluding carboxylic acids is 2. The van der Waals surface area contributed by atoms with Crippen molar-refractivity contribution in [3.05, 3.63) is 58.9 Å². The fourth-order valence-corrected chi connectivity index (χ4v) is 4.79. The number of nitrogens with one attached hydrogen (secondary N) is 1. The van der Waals surface area contributed by atoms with Gasteiger partial charge < -0.3 is 9.72 Å². The molecular formula is C27H30FNO3. The second-order valence-electron chi connectivity index (χ2n) is 8.74. The van der Waals surface area contributed by atoms with E-state index in [2.05, 4.69) is 11.9 Å². The van der Waals surface area contributed by atoms with Crippen molar-refractivity contribution in [2.75, 3.05) is 6.61 Å². The summed E-state index contributed by atoms with van der Waals surface area (Å²) in [4.78, 5) is 28.3. The Kier molecular flexibility index (Phi) is 6.73. The molecule has 0 saturated heterocycles. The molecule has 2 aromatic carbocycles. The zero-order valence-electron chi connectivity index (χ0n) is 18.8. The van der Waals surface area contributed by atoms with Gasteiger partial charge in [0.15, 0.2) is 5.78 Å². The van der Waals surface area contributed by atoms with Crippen molar-refractivity contribution < 1.29 is 18.7 Å². The van der Waals surface area contributed by atoms with Crippen LogP contribution < -0.4 is 0 Å². The maximum atomic E-state index is 13.9. The third-order valence-electron chi connectivity index (χ3n) is 6.45. The lowest BCUT2D eigenvalue weighted by atomic mass is 9.81. The molecule has 1 N–H and O–H groups in total. The third-order valence-corrected chi connectivity index (χ3v) is 6.45. The number of rotatable bonds is 7. The smallest absolute Gasteiger partial charge is 0.338 e. The maximum absolute atomic E-state index is 13.9. The Hall–Kier alpha value is -2.95. The molecule has 1 fully saturated rings. The molecule has 1 saturated carbocycles. The summed E-state index contributed by atoms with van der Waals surface area (Å²) in [5.74, 6) is -0.569. The summed E-state index contributed by atoms with van der Waals surface area (Å²) in [6, 6.07) is 10.0. The molecule has 0 radical (unpaired) electrons. The fourth-order valence-electron chi connectivity index (χ4n) is 4.79. The molecule has 32 heavy (non-hydrogen) atoms. The fraction of sp³-hybridized carbons (Fsp3) is 0.407. The Morgan fingerprint density at radius 2 is 1.88 bits per heavy atom. The van der Waals surface area contributed by atoms with Crippen LogP contribution in [0.15, 0.2) is 36.4 Å². The zero-order chi connectivity index (χ0) is 22.7. The van der Waals surface area contributed by atoms with Crippen molar-refractivity contribution in [1.82, 2.24) is 4.98 Å². The molecule has 1 heterocycles. The molecule has 1 aliphatic rings. The zero-order valence-corrected chi connectivity index (χ0v) is 18.8. The second-order valence-corrected chi connectivity index (χ2v) is 8.74. The van der Waals surface area contributed by atoms with E-state index in [0.717, 1.165) is 42.3 Å². The summed E-state index contributed by atoms with van der Waals surface area (Å²) < 4.78 is 19.3. The van der Waals surface area contributed by atoms with E-state index in [0.29, 0.717) is 29.2 Å². The molecule has 0 bridgehead atoms. The first kappa shape index (κ1) is 22.3. The van der Waals surface area contributed by atoms with Crippen LogP contribution in [0.4, 0.5) is 4.39 Å². The van der Waals surface area contributed by atoms with Crippen molar-refractivity contribution in [2.24, 2.45) is 0 Å². The van der Waals surface area contributed by atoms with E-state index in [9.17, 15) is 14.0 Å². The predicted molar refractivity (Wildman–Crippen MR) is 125 cm³/mol. The van der Waals surface area contributed by atoms with Crippen LogP contribution in [0.2, 0.25) is 0 Å². The van der Waals surface area contributed by atoms with Gasteiger partial charge in [0.05, 0.1) is 17.9 Å². The first-order chi connectivity index (χ1) is 15.5. The Morgan fingerprint density at radius 3 is 2.59 bits per heavy atom. The summed E-state index contributed by atoms with van der Waals surface area (Å²) >= 11 is 0. The summed E-state index contributed by atoms with van der Waals surface area (Å²) in [5, 5.41) is 1.05. The number of aromatic nitrogens is 1. The standard InChI is InChI=1S/C27H30FNO3/c1-3-4-14-32-27(31)19-10-12-22-24(15-19)29-26(25(22)18-8-6-5-7-9-18)21-13-11-20(28)16-23(21)17(2)30/h10-13,15-16,18,29H,3-9,14H2,1-2H3. The molecule has 3 aromatic rings. The Bertz CT molecular complexity index is 1140. The van der Waals surface area contributed by atoms with Crippen LogP contribution in [0.5, 0.6) is 0 Å². The third kappa shape index (κ3) is 4.47. The largest absolute Gasteiger partial charge is 0.462 e. The number of carbonyl (C=O) groups is 2. The number of hydrogen-bond donors (Lipinski definition) is 1. The average Bonchev–Trinajstić information content (AvgIpc) is 3.18. The van der Waals surface area contributed by atoms with E-state index in [1.165, 1.54) is 43.9 Å². The molecule has 0 atom stereocenters. The minimum absolute atomic E-state index is 0.173. The van der Waals surface area contributed by atoms with E-state index < -0.39 is 5.82 Å². The molecule has 4 nitrogen and oxygen atoms in total. The number of ketones is 1. The van der Waals surface area contributed by atoms with Crippen molar-refractivity contribution in [1.29, 1.82) is 0 Å². The Balaban J connectivity index is 1.84. The molecule has 0 spiro atoms. The van der Waals surface area contributed by atoms with Crippen LogP contribution in [0.3, 0.4) is 0 Å². The van der Waals surface area contributed by atoms with Gasteiger partial charge in [0.1, 0.15) is 5.82 Å². The van der Waals surface area contributed by atoms with E-state index in [-0.39, 0.29) is 11.8 Å². The summed E-state index contributed by atoms with van der Waals surface area (Å²) in [5.41, 5.74) is 4.44. The van der Waals surface area contributed by atoms with Crippen LogP contribution in [-0.2, 0) is 4.74 Å². The normalized spacial score (nSPS) is 14.6. The van der Waals surface area contributed by atoms with E-state index >= 15 is 0 Å². The van der Waals surface area contributed by atoms with Gasteiger partial charge >= 0.3 is 5.97 Å². The number of Topliss-reactive ketones (excluding diaryl/α,β-unsaturated/α-hetero) is 1. The highest BCUT2D eigenvalue weighted by atomic mass is 19.1. The van der Waals surface area contributed by atoms with Gasteiger partial charge in [0.25, 0.3) is 0 Å². The van der Waals surface area contributed by atoms with Gasteiger partial charge in [-0.2, -0.15) is 0 Å². The predicted octanol–water partition coefficient (Wildman–Crippen LogP) is 7.18. The average molecular weight is 436 g/mol. The minimum atomic E-state index is -0.425. The molecule has 168 valence electrons. The van der Waals surface area contributed by atoms with E-state index in [1.807, 2.05) is 18.2 Å². The molecule has 1 aliphatic carbocycles. The van der Waals surface area contributed by atoms with E-state index in [4.69, 9.17) is 4.74 Å². The first-order valence-corrected chi connectivity index (χ1v) is 11.6. The number of halogens is 1. The quantitative estimate of drug-likeness (QED) is 0.243. The van der Waals surface area contributed by atoms with Crippen molar-refractivity contribution in [3.63, 3.8) is 0 Å². The molecule has 0 unspecified atom stereocenters. The molecular weight excluding hydrogens is 405 g/mol. The number of unbranched alkanes of at least 4 members (excludes halogenated alkanes) is 1. The highest BCUT2D eigenvalue weighted by molar-refractivity contribution is 6.04. The highest BCUT2D eigenvalue weighted by Gasteiger charge is 2.26. The number of fused-ring (bicyclic) bond motifs is 1. The molecule has 1 aromatic heterocycles. The minimum Gasteiger partial charge on any atom is -0.462 e. The lowest BCUT2D eigenvalue weighted by molar-refractivity contribution is 0.0499. The van der Waals surface area contributed by atoms with Gasteiger partial charge in [-0.3, -0.25) is 4.79 Å². The molecule has 0 aliphatic heterocycles.